The van der Waals surface area contributed by atoms with Gasteiger partial charge in [0.2, 0.25) is 0 Å². The summed E-state index contributed by atoms with van der Waals surface area (Å²) in [6.45, 7) is 2.97. The molecule has 0 fully saturated rings. The highest BCUT2D eigenvalue weighted by Crippen LogP contribution is 2.29. The van der Waals surface area contributed by atoms with Crippen LogP contribution in [0.3, 0.4) is 0 Å². The van der Waals surface area contributed by atoms with Gasteiger partial charge in [-0.2, -0.15) is 0 Å². The molecule has 1 aliphatic rings. The first-order valence-corrected chi connectivity index (χ1v) is 6.92. The van der Waals surface area contributed by atoms with Gasteiger partial charge in [-0.05, 0) is 42.3 Å². The summed E-state index contributed by atoms with van der Waals surface area (Å²) in [5.41, 5.74) is 3.65. The molecule has 3 rings (SSSR count). The number of anilines is 1. The third-order valence-corrected chi connectivity index (χ3v) is 3.67. The van der Waals surface area contributed by atoms with Crippen molar-refractivity contribution in [1.82, 2.24) is 0 Å². The number of rotatable bonds is 4. The molecule has 1 unspecified atom stereocenters. The number of nitrogens with one attached hydrogen (secondary N) is 1. The lowest BCUT2D eigenvalue weighted by molar-refractivity contribution is 0.357. The van der Waals surface area contributed by atoms with E-state index in [0.29, 0.717) is 0 Å². The second-order valence-electron chi connectivity index (χ2n) is 5.06. The molecule has 0 spiro atoms. The smallest absolute Gasteiger partial charge is 0.122 e. The maximum atomic E-state index is 5.54. The standard InChI is InChI=1S/C17H19NO2/c1-12(18-15-4-3-5-16(11-15)19-2)13-6-7-17-14(10-13)8-9-20-17/h3-7,10-12,18H,8-9H2,1-2H3. The van der Waals surface area contributed by atoms with Crippen molar-refractivity contribution in [2.45, 2.75) is 19.4 Å². The van der Waals surface area contributed by atoms with Crippen LogP contribution in [0.4, 0.5) is 5.69 Å². The first-order chi connectivity index (χ1) is 9.76. The largest absolute Gasteiger partial charge is 0.497 e. The summed E-state index contributed by atoms with van der Waals surface area (Å²) in [4.78, 5) is 0. The Balaban J connectivity index is 1.77. The lowest BCUT2D eigenvalue weighted by Crippen LogP contribution is -2.06. The Morgan fingerprint density at radius 1 is 1.20 bits per heavy atom. The van der Waals surface area contributed by atoms with Gasteiger partial charge < -0.3 is 14.8 Å². The van der Waals surface area contributed by atoms with E-state index in [-0.39, 0.29) is 6.04 Å². The van der Waals surface area contributed by atoms with E-state index in [1.165, 1.54) is 11.1 Å². The lowest BCUT2D eigenvalue weighted by atomic mass is 10.0. The molecule has 104 valence electrons. The van der Waals surface area contributed by atoms with E-state index >= 15 is 0 Å². The van der Waals surface area contributed by atoms with Gasteiger partial charge in [-0.15, -0.1) is 0 Å². The molecule has 0 saturated heterocycles. The lowest BCUT2D eigenvalue weighted by Gasteiger charge is -2.17. The van der Waals surface area contributed by atoms with Gasteiger partial charge in [0.1, 0.15) is 11.5 Å². The fourth-order valence-corrected chi connectivity index (χ4v) is 2.52. The first-order valence-electron chi connectivity index (χ1n) is 6.92. The number of fused-ring (bicyclic) bond motifs is 1. The molecular weight excluding hydrogens is 250 g/mol. The quantitative estimate of drug-likeness (QED) is 0.915. The van der Waals surface area contributed by atoms with Crippen molar-refractivity contribution < 1.29 is 9.47 Å². The Morgan fingerprint density at radius 3 is 2.95 bits per heavy atom. The van der Waals surface area contributed by atoms with Crippen molar-refractivity contribution in [3.8, 4) is 11.5 Å². The summed E-state index contributed by atoms with van der Waals surface area (Å²) in [5.74, 6) is 1.90. The number of hydrogen-bond acceptors (Lipinski definition) is 3. The Labute approximate surface area is 119 Å². The normalized spacial score (nSPS) is 14.3. The Bertz CT molecular complexity index is 610. The van der Waals surface area contributed by atoms with Gasteiger partial charge >= 0.3 is 0 Å². The van der Waals surface area contributed by atoms with E-state index in [0.717, 1.165) is 30.2 Å². The van der Waals surface area contributed by atoms with E-state index in [4.69, 9.17) is 9.47 Å². The maximum Gasteiger partial charge on any atom is 0.122 e. The number of methoxy groups -OCH3 is 1. The zero-order valence-corrected chi connectivity index (χ0v) is 11.8. The monoisotopic (exact) mass is 269 g/mol. The minimum Gasteiger partial charge on any atom is -0.497 e. The highest BCUT2D eigenvalue weighted by molar-refractivity contribution is 5.50. The molecule has 0 amide bonds. The van der Waals surface area contributed by atoms with Crippen LogP contribution in [0.2, 0.25) is 0 Å². The van der Waals surface area contributed by atoms with Crippen LogP contribution in [0.5, 0.6) is 11.5 Å². The molecule has 0 aliphatic carbocycles. The van der Waals surface area contributed by atoms with E-state index in [1.54, 1.807) is 7.11 Å². The summed E-state index contributed by atoms with van der Waals surface area (Å²) < 4.78 is 10.8. The molecule has 1 N–H and O–H groups in total. The summed E-state index contributed by atoms with van der Waals surface area (Å²) in [6.07, 6.45) is 1.01. The third-order valence-electron chi connectivity index (χ3n) is 3.67. The van der Waals surface area contributed by atoms with Gasteiger partial charge in [0, 0.05) is 24.2 Å². The molecule has 0 radical (unpaired) electrons. The van der Waals surface area contributed by atoms with Gasteiger partial charge in [-0.1, -0.05) is 12.1 Å². The average molecular weight is 269 g/mol. The first kappa shape index (κ1) is 12.9. The molecule has 2 aromatic rings. The van der Waals surface area contributed by atoms with Crippen molar-refractivity contribution in [3.05, 3.63) is 53.6 Å². The molecule has 0 aromatic heterocycles. The molecule has 20 heavy (non-hydrogen) atoms. The van der Waals surface area contributed by atoms with Crippen molar-refractivity contribution in [3.63, 3.8) is 0 Å². The van der Waals surface area contributed by atoms with Gasteiger partial charge in [-0.3, -0.25) is 0 Å². The Hall–Kier alpha value is -2.16. The zero-order valence-electron chi connectivity index (χ0n) is 11.8. The summed E-state index contributed by atoms with van der Waals surface area (Å²) in [6, 6.07) is 14.7. The summed E-state index contributed by atoms with van der Waals surface area (Å²) in [5, 5.41) is 3.50. The van der Waals surface area contributed by atoms with Crippen molar-refractivity contribution >= 4 is 5.69 Å². The summed E-state index contributed by atoms with van der Waals surface area (Å²) in [7, 11) is 1.68. The third kappa shape index (κ3) is 2.57. The van der Waals surface area contributed by atoms with E-state index in [2.05, 4.69) is 36.5 Å². The highest BCUT2D eigenvalue weighted by Gasteiger charge is 2.14. The van der Waals surface area contributed by atoms with Crippen LogP contribution in [-0.2, 0) is 6.42 Å². The maximum absolute atomic E-state index is 5.54. The minimum absolute atomic E-state index is 0.244. The molecular formula is C17H19NO2. The number of ether oxygens (including phenoxy) is 2. The van der Waals surface area contributed by atoms with Crippen LogP contribution in [0.15, 0.2) is 42.5 Å². The second-order valence-corrected chi connectivity index (χ2v) is 5.06. The molecule has 1 heterocycles. The van der Waals surface area contributed by atoms with Crippen molar-refractivity contribution in [2.75, 3.05) is 19.0 Å². The topological polar surface area (TPSA) is 30.5 Å². The number of hydrogen-bond donors (Lipinski definition) is 1. The van der Waals surface area contributed by atoms with Gasteiger partial charge in [0.25, 0.3) is 0 Å². The predicted octanol–water partition coefficient (Wildman–Crippen LogP) is 3.80. The molecule has 0 bridgehead atoms. The van der Waals surface area contributed by atoms with Gasteiger partial charge in [0.15, 0.2) is 0 Å². The minimum atomic E-state index is 0.244. The Kier molecular flexibility index (Phi) is 3.50. The highest BCUT2D eigenvalue weighted by atomic mass is 16.5. The van der Waals surface area contributed by atoms with E-state index < -0.39 is 0 Å². The zero-order chi connectivity index (χ0) is 13.9. The van der Waals surface area contributed by atoms with Crippen LogP contribution < -0.4 is 14.8 Å². The van der Waals surface area contributed by atoms with Gasteiger partial charge in [0.05, 0.1) is 13.7 Å². The molecule has 0 saturated carbocycles. The summed E-state index contributed by atoms with van der Waals surface area (Å²) >= 11 is 0. The molecule has 2 aromatic carbocycles. The van der Waals surface area contributed by atoms with Crippen molar-refractivity contribution in [2.24, 2.45) is 0 Å². The van der Waals surface area contributed by atoms with E-state index in [9.17, 15) is 0 Å². The van der Waals surface area contributed by atoms with E-state index in [1.807, 2.05) is 18.2 Å². The number of benzene rings is 2. The average Bonchev–Trinajstić information content (AvgIpc) is 2.94. The SMILES string of the molecule is COc1cccc(NC(C)c2ccc3c(c2)CCO3)c1. The molecule has 3 nitrogen and oxygen atoms in total. The van der Waals surface area contributed by atoms with Crippen LogP contribution >= 0.6 is 0 Å². The van der Waals surface area contributed by atoms with Gasteiger partial charge in [-0.25, -0.2) is 0 Å². The fraction of sp³-hybridized carbons (Fsp3) is 0.294. The van der Waals surface area contributed by atoms with Crippen molar-refractivity contribution in [1.29, 1.82) is 0 Å². The predicted molar refractivity (Wildman–Crippen MR) is 80.7 cm³/mol. The van der Waals surface area contributed by atoms with Crippen LogP contribution in [-0.4, -0.2) is 13.7 Å². The van der Waals surface area contributed by atoms with Crippen LogP contribution in [0.1, 0.15) is 24.1 Å². The molecule has 1 aliphatic heterocycles. The Morgan fingerprint density at radius 2 is 2.10 bits per heavy atom. The fourth-order valence-electron chi connectivity index (χ4n) is 2.52. The van der Waals surface area contributed by atoms with Crippen LogP contribution in [0, 0.1) is 0 Å². The molecule has 3 heteroatoms. The van der Waals surface area contributed by atoms with Crippen LogP contribution in [0.25, 0.3) is 0 Å². The second kappa shape index (κ2) is 5.45. The molecule has 1 atom stereocenters.